The molecule has 0 radical (unpaired) electrons. The van der Waals surface area contributed by atoms with Crippen LogP contribution in [0.1, 0.15) is 30.1 Å². The van der Waals surface area contributed by atoms with E-state index in [9.17, 15) is 4.79 Å². The zero-order valence-electron chi connectivity index (χ0n) is 12.6. The van der Waals surface area contributed by atoms with Crippen LogP contribution in [-0.2, 0) is 9.47 Å². The van der Waals surface area contributed by atoms with Crippen molar-refractivity contribution < 1.29 is 14.3 Å². The number of rotatable bonds is 7. The number of anilines is 1. The van der Waals surface area contributed by atoms with Crippen LogP contribution in [0.25, 0.3) is 0 Å². The third kappa shape index (κ3) is 3.92. The highest BCUT2D eigenvalue weighted by molar-refractivity contribution is 5.99. The molecular formula is C15H23N3O3. The summed E-state index contributed by atoms with van der Waals surface area (Å²) in [7, 11) is 1.65. The smallest absolute Gasteiger partial charge is 0.255 e. The van der Waals surface area contributed by atoms with Gasteiger partial charge >= 0.3 is 0 Å². The van der Waals surface area contributed by atoms with Gasteiger partial charge in [-0.05, 0) is 12.5 Å². The summed E-state index contributed by atoms with van der Waals surface area (Å²) in [5.74, 6) is -0.148. The van der Waals surface area contributed by atoms with Gasteiger partial charge in [-0.15, -0.1) is 0 Å². The monoisotopic (exact) mass is 293 g/mol. The van der Waals surface area contributed by atoms with Crippen LogP contribution in [0.15, 0.2) is 18.5 Å². The normalized spacial score (nSPS) is 21.2. The van der Waals surface area contributed by atoms with E-state index >= 15 is 0 Å². The molecule has 1 aromatic heterocycles. The van der Waals surface area contributed by atoms with Crippen molar-refractivity contribution in [2.75, 3.05) is 38.7 Å². The quantitative estimate of drug-likeness (QED) is 0.796. The summed E-state index contributed by atoms with van der Waals surface area (Å²) in [6, 6.07) is 1.81. The zero-order valence-corrected chi connectivity index (χ0v) is 12.6. The van der Waals surface area contributed by atoms with Crippen LogP contribution in [0.3, 0.4) is 0 Å². The van der Waals surface area contributed by atoms with Crippen LogP contribution in [-0.4, -0.2) is 49.9 Å². The Labute approximate surface area is 125 Å². The fraction of sp³-hybridized carbons (Fsp3) is 0.600. The van der Waals surface area contributed by atoms with Crippen molar-refractivity contribution in [3.63, 3.8) is 0 Å². The highest BCUT2D eigenvalue weighted by Crippen LogP contribution is 2.22. The Balaban J connectivity index is 2.00. The number of carbonyl (C=O) groups excluding carboxylic acids is 1. The average molecular weight is 293 g/mol. The summed E-state index contributed by atoms with van der Waals surface area (Å²) in [6.45, 7) is 4.51. The molecule has 1 aliphatic rings. The van der Waals surface area contributed by atoms with E-state index in [0.717, 1.165) is 25.1 Å². The molecule has 1 saturated heterocycles. The van der Waals surface area contributed by atoms with Crippen LogP contribution in [0, 0.1) is 0 Å². The minimum atomic E-state index is -0.408. The minimum Gasteiger partial charge on any atom is -0.384 e. The molecule has 0 bridgehead atoms. The number of methoxy groups -OCH3 is 1. The van der Waals surface area contributed by atoms with E-state index in [1.54, 1.807) is 19.5 Å². The number of aromatic nitrogens is 1. The summed E-state index contributed by atoms with van der Waals surface area (Å²) >= 11 is 0. The predicted octanol–water partition coefficient (Wildman–Crippen LogP) is 1.44. The first-order valence-electron chi connectivity index (χ1n) is 7.30. The van der Waals surface area contributed by atoms with Crippen molar-refractivity contribution in [3.8, 4) is 0 Å². The molecule has 0 saturated carbocycles. The van der Waals surface area contributed by atoms with Gasteiger partial charge in [-0.1, -0.05) is 6.92 Å². The van der Waals surface area contributed by atoms with Gasteiger partial charge < -0.3 is 20.1 Å². The molecule has 6 heteroatoms. The molecule has 2 rings (SSSR count). The number of nitrogens with zero attached hydrogens (tertiary/aromatic N) is 1. The van der Waals surface area contributed by atoms with Gasteiger partial charge in [0.25, 0.3) is 5.91 Å². The summed E-state index contributed by atoms with van der Waals surface area (Å²) in [5.41, 5.74) is 0.948. The lowest BCUT2D eigenvalue weighted by atomic mass is 10.0. The molecule has 2 N–H and O–H groups in total. The van der Waals surface area contributed by atoms with E-state index in [0.29, 0.717) is 25.3 Å². The molecule has 1 aromatic rings. The molecule has 1 aliphatic heterocycles. The van der Waals surface area contributed by atoms with Crippen LogP contribution >= 0.6 is 0 Å². The van der Waals surface area contributed by atoms with Crippen molar-refractivity contribution in [1.29, 1.82) is 0 Å². The van der Waals surface area contributed by atoms with E-state index in [2.05, 4.69) is 22.5 Å². The highest BCUT2D eigenvalue weighted by Gasteiger charge is 2.35. The van der Waals surface area contributed by atoms with Gasteiger partial charge in [-0.2, -0.15) is 0 Å². The van der Waals surface area contributed by atoms with Gasteiger partial charge in [0.15, 0.2) is 0 Å². The van der Waals surface area contributed by atoms with Gasteiger partial charge in [-0.25, -0.2) is 0 Å². The van der Waals surface area contributed by atoms with E-state index in [4.69, 9.17) is 9.47 Å². The average Bonchev–Trinajstić information content (AvgIpc) is 3.00. The first kappa shape index (κ1) is 15.7. The molecule has 1 fully saturated rings. The number of hydrogen-bond donors (Lipinski definition) is 2. The molecule has 116 valence electrons. The van der Waals surface area contributed by atoms with Gasteiger partial charge in [-0.3, -0.25) is 9.78 Å². The van der Waals surface area contributed by atoms with Gasteiger partial charge in [0, 0.05) is 45.6 Å². The van der Waals surface area contributed by atoms with Crippen LogP contribution in [0.2, 0.25) is 0 Å². The summed E-state index contributed by atoms with van der Waals surface area (Å²) < 4.78 is 10.9. The summed E-state index contributed by atoms with van der Waals surface area (Å²) in [5, 5.41) is 6.16. The second kappa shape index (κ2) is 7.38. The van der Waals surface area contributed by atoms with Crippen molar-refractivity contribution in [3.05, 3.63) is 24.0 Å². The fourth-order valence-corrected chi connectivity index (χ4v) is 2.29. The van der Waals surface area contributed by atoms with Gasteiger partial charge in [0.2, 0.25) is 0 Å². The Kier molecular flexibility index (Phi) is 5.52. The Morgan fingerprint density at radius 3 is 3.10 bits per heavy atom. The largest absolute Gasteiger partial charge is 0.384 e. The molecule has 1 unspecified atom stereocenters. The van der Waals surface area contributed by atoms with Crippen molar-refractivity contribution in [2.24, 2.45) is 0 Å². The first-order valence-corrected chi connectivity index (χ1v) is 7.30. The maximum Gasteiger partial charge on any atom is 0.255 e. The molecular weight excluding hydrogens is 270 g/mol. The van der Waals surface area contributed by atoms with E-state index < -0.39 is 5.60 Å². The highest BCUT2D eigenvalue weighted by atomic mass is 16.5. The number of amides is 1. The number of pyridine rings is 1. The van der Waals surface area contributed by atoms with E-state index in [1.807, 2.05) is 6.07 Å². The number of hydrogen-bond acceptors (Lipinski definition) is 5. The lowest BCUT2D eigenvalue weighted by molar-refractivity contribution is -0.0148. The number of ether oxygens (including phenoxy) is 2. The van der Waals surface area contributed by atoms with Crippen LogP contribution in [0.5, 0.6) is 0 Å². The maximum absolute atomic E-state index is 12.4. The van der Waals surface area contributed by atoms with Crippen molar-refractivity contribution >= 4 is 11.6 Å². The fourth-order valence-electron chi connectivity index (χ4n) is 2.29. The standard InChI is InChI=1S/C15H23N3O3/c1-3-6-17-13-4-7-16-9-12(13)14(19)18-10-15(20-2)5-8-21-11-15/h4,7,9H,3,5-6,8,10-11H2,1-2H3,(H,16,17)(H,18,19). The molecule has 21 heavy (non-hydrogen) atoms. The minimum absolute atomic E-state index is 0.148. The van der Waals surface area contributed by atoms with Crippen molar-refractivity contribution in [1.82, 2.24) is 10.3 Å². The molecule has 0 spiro atoms. The number of carbonyl (C=O) groups is 1. The lowest BCUT2D eigenvalue weighted by Crippen LogP contribution is -2.45. The zero-order chi connectivity index (χ0) is 15.1. The topological polar surface area (TPSA) is 72.5 Å². The third-order valence-electron chi connectivity index (χ3n) is 3.70. The Morgan fingerprint density at radius 1 is 1.57 bits per heavy atom. The van der Waals surface area contributed by atoms with Gasteiger partial charge in [0.1, 0.15) is 5.60 Å². The van der Waals surface area contributed by atoms with Gasteiger partial charge in [0.05, 0.1) is 17.9 Å². The second-order valence-electron chi connectivity index (χ2n) is 5.22. The van der Waals surface area contributed by atoms with E-state index in [-0.39, 0.29) is 5.91 Å². The molecule has 1 atom stereocenters. The van der Waals surface area contributed by atoms with E-state index in [1.165, 1.54) is 0 Å². The molecule has 0 aromatic carbocycles. The molecule has 1 amide bonds. The summed E-state index contributed by atoms with van der Waals surface area (Å²) in [4.78, 5) is 16.4. The Morgan fingerprint density at radius 2 is 2.43 bits per heavy atom. The maximum atomic E-state index is 12.4. The molecule has 2 heterocycles. The Bertz CT molecular complexity index is 473. The Hall–Kier alpha value is -1.66. The molecule has 0 aliphatic carbocycles. The third-order valence-corrected chi connectivity index (χ3v) is 3.70. The second-order valence-corrected chi connectivity index (χ2v) is 5.22. The van der Waals surface area contributed by atoms with Crippen LogP contribution < -0.4 is 10.6 Å². The van der Waals surface area contributed by atoms with Crippen LogP contribution in [0.4, 0.5) is 5.69 Å². The SMILES string of the molecule is CCCNc1ccncc1C(=O)NCC1(OC)CCOC1. The predicted molar refractivity (Wildman–Crippen MR) is 80.5 cm³/mol. The lowest BCUT2D eigenvalue weighted by Gasteiger charge is -2.26. The first-order chi connectivity index (χ1) is 10.2. The summed E-state index contributed by atoms with van der Waals surface area (Å²) in [6.07, 6.45) is 5.04. The van der Waals surface area contributed by atoms with Crippen molar-refractivity contribution in [2.45, 2.75) is 25.4 Å². The molecule has 6 nitrogen and oxygen atoms in total. The number of nitrogens with one attached hydrogen (secondary N) is 2.